The number of alkyl carbamates (subject to hydrolysis) is 1. The molecule has 1 saturated heterocycles. The van der Waals surface area contributed by atoms with Gasteiger partial charge in [0.2, 0.25) is 11.8 Å². The molecule has 1 aliphatic rings. The molecule has 0 unspecified atom stereocenters. The Morgan fingerprint density at radius 1 is 0.923 bits per heavy atom. The van der Waals surface area contributed by atoms with Gasteiger partial charge < -0.3 is 35.2 Å². The van der Waals surface area contributed by atoms with E-state index in [-0.39, 0.29) is 32.6 Å². The Hall–Kier alpha value is -4.45. The molecule has 3 atom stereocenters. The number of carbonyl (C=O) groups is 5. The van der Waals surface area contributed by atoms with Crippen molar-refractivity contribution in [3.05, 3.63) is 71.8 Å². The number of β-amino-alcohol motifs (C(OH)–C–C–N with tert-alkyl or cyclic N) is 1. The Balaban J connectivity index is 1.55. The minimum Gasteiger partial charge on any atom is -0.481 e. The van der Waals surface area contributed by atoms with E-state index in [0.29, 0.717) is 5.56 Å². The second-order valence-electron chi connectivity index (χ2n) is 8.95. The van der Waals surface area contributed by atoms with Crippen molar-refractivity contribution >= 4 is 29.8 Å². The molecule has 3 amide bonds. The third kappa shape index (κ3) is 9.42. The minimum atomic E-state index is -1.28. The lowest BCUT2D eigenvalue weighted by Crippen LogP contribution is -2.52. The van der Waals surface area contributed by atoms with E-state index < -0.39 is 61.0 Å². The van der Waals surface area contributed by atoms with E-state index in [0.717, 1.165) is 10.5 Å². The maximum absolute atomic E-state index is 13.1. The monoisotopic (exact) mass is 541 g/mol. The summed E-state index contributed by atoms with van der Waals surface area (Å²) < 4.78 is 10.3. The molecule has 2 aromatic carbocycles. The quantitative estimate of drug-likeness (QED) is 0.286. The molecule has 39 heavy (non-hydrogen) atoms. The van der Waals surface area contributed by atoms with E-state index in [1.807, 2.05) is 6.07 Å². The summed E-state index contributed by atoms with van der Waals surface area (Å²) in [5.74, 6) is -3.38. The Kier molecular flexibility index (Phi) is 10.8. The number of hydrogen-bond acceptors (Lipinski definition) is 8. The van der Waals surface area contributed by atoms with Crippen molar-refractivity contribution in [2.75, 3.05) is 13.1 Å². The maximum atomic E-state index is 13.1. The van der Waals surface area contributed by atoms with E-state index >= 15 is 0 Å². The lowest BCUT2D eigenvalue weighted by atomic mass is 10.1. The number of carbonyl (C=O) groups excluding carboxylic acids is 4. The van der Waals surface area contributed by atoms with Crippen molar-refractivity contribution in [3.63, 3.8) is 0 Å². The zero-order valence-electron chi connectivity index (χ0n) is 21.2. The molecular weight excluding hydrogens is 510 g/mol. The van der Waals surface area contributed by atoms with Crippen molar-refractivity contribution in [1.82, 2.24) is 15.5 Å². The molecule has 12 heteroatoms. The fourth-order valence-corrected chi connectivity index (χ4v) is 3.98. The van der Waals surface area contributed by atoms with Crippen molar-refractivity contribution in [2.24, 2.45) is 0 Å². The molecule has 1 aliphatic heterocycles. The number of ether oxygens (including phenoxy) is 2. The van der Waals surface area contributed by atoms with Gasteiger partial charge in [0.15, 0.2) is 0 Å². The third-order valence-electron chi connectivity index (χ3n) is 5.97. The molecule has 0 saturated carbocycles. The largest absolute Gasteiger partial charge is 0.481 e. The summed E-state index contributed by atoms with van der Waals surface area (Å²) >= 11 is 0. The highest BCUT2D eigenvalue weighted by atomic mass is 16.5. The fourth-order valence-electron chi connectivity index (χ4n) is 3.98. The van der Waals surface area contributed by atoms with Gasteiger partial charge >= 0.3 is 18.0 Å². The molecule has 1 fully saturated rings. The minimum absolute atomic E-state index is 0.00638. The van der Waals surface area contributed by atoms with Gasteiger partial charge in [-0.1, -0.05) is 60.7 Å². The van der Waals surface area contributed by atoms with E-state index in [2.05, 4.69) is 10.6 Å². The smallest absolute Gasteiger partial charge is 0.407 e. The lowest BCUT2D eigenvalue weighted by Gasteiger charge is -2.26. The molecule has 0 bridgehead atoms. The van der Waals surface area contributed by atoms with Gasteiger partial charge in [-0.15, -0.1) is 0 Å². The number of aliphatic carboxylic acids is 1. The first kappa shape index (κ1) is 29.1. The topological polar surface area (TPSA) is 172 Å². The van der Waals surface area contributed by atoms with Gasteiger partial charge in [-0.3, -0.25) is 14.4 Å². The van der Waals surface area contributed by atoms with Crippen LogP contribution in [0.3, 0.4) is 0 Å². The Labute approximate surface area is 224 Å². The molecule has 0 spiro atoms. The molecule has 12 nitrogen and oxygen atoms in total. The van der Waals surface area contributed by atoms with Crippen LogP contribution < -0.4 is 10.6 Å². The predicted octanol–water partition coefficient (Wildman–Crippen LogP) is 0.968. The Morgan fingerprint density at radius 3 is 2.10 bits per heavy atom. The van der Waals surface area contributed by atoms with Crippen LogP contribution in [0.4, 0.5) is 4.79 Å². The number of hydrogen-bond donors (Lipinski definition) is 4. The molecule has 0 aliphatic carbocycles. The molecule has 0 radical (unpaired) electrons. The van der Waals surface area contributed by atoms with Crippen LogP contribution in [0.5, 0.6) is 0 Å². The number of likely N-dealkylation sites (tertiary alicyclic amines) is 1. The van der Waals surface area contributed by atoms with Crippen molar-refractivity contribution in [1.29, 1.82) is 0 Å². The zero-order valence-corrected chi connectivity index (χ0v) is 21.2. The average molecular weight is 542 g/mol. The molecule has 0 aromatic heterocycles. The molecule has 1 heterocycles. The zero-order chi connectivity index (χ0) is 28.2. The number of aliphatic hydroxyl groups excluding tert-OH is 1. The summed E-state index contributed by atoms with van der Waals surface area (Å²) in [5, 5.41) is 24.0. The van der Waals surface area contributed by atoms with Crippen LogP contribution in [0.15, 0.2) is 60.7 Å². The summed E-state index contributed by atoms with van der Waals surface area (Å²) in [6.45, 7) is -0.702. The number of carboxylic acids is 1. The molecule has 3 rings (SSSR count). The summed E-state index contributed by atoms with van der Waals surface area (Å²) in [4.78, 5) is 62.7. The first-order chi connectivity index (χ1) is 18.7. The van der Waals surface area contributed by atoms with Crippen LogP contribution in [0, 0.1) is 0 Å². The molecule has 208 valence electrons. The number of nitrogens with zero attached hydrogens (tertiary/aromatic N) is 1. The Bertz CT molecular complexity index is 1140. The van der Waals surface area contributed by atoms with Crippen molar-refractivity contribution < 1.29 is 43.7 Å². The normalized spacial score (nSPS) is 17.1. The van der Waals surface area contributed by atoms with Gasteiger partial charge in [0.1, 0.15) is 31.8 Å². The average Bonchev–Trinajstić information content (AvgIpc) is 3.34. The highest BCUT2D eigenvalue weighted by molar-refractivity contribution is 5.92. The number of esters is 1. The van der Waals surface area contributed by atoms with Crippen molar-refractivity contribution in [2.45, 2.75) is 50.7 Å². The van der Waals surface area contributed by atoms with Crippen LogP contribution >= 0.6 is 0 Å². The standard InChI is InChI=1S/C27H31N3O9/c31-20-13-22(30(15-20)23(32)14-28-27(37)39-17-19-9-5-2-6-10-19)25(35)29-21(11-12-24(33)34)26(36)38-16-18-7-3-1-4-8-18/h1-10,20-22,31H,11-17H2,(H,28,37)(H,29,35)(H,33,34)/t20-,21-,22-/m0/s1. The van der Waals surface area contributed by atoms with Crippen LogP contribution in [0.2, 0.25) is 0 Å². The van der Waals surface area contributed by atoms with Crippen molar-refractivity contribution in [3.8, 4) is 0 Å². The number of carboxylic acid groups (broad SMARTS) is 1. The first-order valence-electron chi connectivity index (χ1n) is 12.4. The summed E-state index contributed by atoms with van der Waals surface area (Å²) in [6.07, 6.45) is -2.57. The SMILES string of the molecule is O=C(O)CC[C@H](NC(=O)[C@@H]1C[C@H](O)CN1C(=O)CNC(=O)OCc1ccccc1)C(=O)OCc1ccccc1. The fraction of sp³-hybridized carbons (Fsp3) is 0.370. The Morgan fingerprint density at radius 2 is 1.51 bits per heavy atom. The summed E-state index contributed by atoms with van der Waals surface area (Å²) in [7, 11) is 0. The van der Waals surface area contributed by atoms with Gasteiger partial charge in [-0.05, 0) is 17.5 Å². The number of benzene rings is 2. The summed E-state index contributed by atoms with van der Waals surface area (Å²) in [5.41, 5.74) is 1.47. The predicted molar refractivity (Wildman–Crippen MR) is 136 cm³/mol. The highest BCUT2D eigenvalue weighted by Crippen LogP contribution is 2.19. The van der Waals surface area contributed by atoms with E-state index in [1.54, 1.807) is 54.6 Å². The number of rotatable bonds is 12. The van der Waals surface area contributed by atoms with Gasteiger partial charge in [0.25, 0.3) is 0 Å². The van der Waals surface area contributed by atoms with Crippen LogP contribution in [-0.4, -0.2) is 76.2 Å². The number of amides is 3. The van der Waals surface area contributed by atoms with Gasteiger partial charge in [0, 0.05) is 19.4 Å². The summed E-state index contributed by atoms with van der Waals surface area (Å²) in [6, 6.07) is 15.3. The molecule has 4 N–H and O–H groups in total. The number of aliphatic hydroxyl groups is 1. The van der Waals surface area contributed by atoms with Crippen LogP contribution in [-0.2, 0) is 41.9 Å². The first-order valence-corrected chi connectivity index (χ1v) is 12.4. The third-order valence-corrected chi connectivity index (χ3v) is 5.97. The second kappa shape index (κ2) is 14.5. The second-order valence-corrected chi connectivity index (χ2v) is 8.95. The van der Waals surface area contributed by atoms with E-state index in [9.17, 15) is 29.1 Å². The molecular formula is C27H31N3O9. The lowest BCUT2D eigenvalue weighted by molar-refractivity contribution is -0.150. The van der Waals surface area contributed by atoms with Crippen LogP contribution in [0.1, 0.15) is 30.4 Å². The van der Waals surface area contributed by atoms with Gasteiger partial charge in [-0.25, -0.2) is 9.59 Å². The van der Waals surface area contributed by atoms with E-state index in [1.165, 1.54) is 0 Å². The maximum Gasteiger partial charge on any atom is 0.407 e. The molecule has 2 aromatic rings. The van der Waals surface area contributed by atoms with Crippen LogP contribution in [0.25, 0.3) is 0 Å². The van der Waals surface area contributed by atoms with E-state index in [4.69, 9.17) is 14.6 Å². The highest BCUT2D eigenvalue weighted by Gasteiger charge is 2.40. The van der Waals surface area contributed by atoms with Gasteiger partial charge in [0.05, 0.1) is 6.10 Å². The number of nitrogens with one attached hydrogen (secondary N) is 2. The van der Waals surface area contributed by atoms with Gasteiger partial charge in [-0.2, -0.15) is 0 Å².